The number of nitrogens with zero attached hydrogens (tertiary/aromatic N) is 2. The predicted molar refractivity (Wildman–Crippen MR) is 124 cm³/mol. The summed E-state index contributed by atoms with van der Waals surface area (Å²) in [5.74, 6) is 1.34. The lowest BCUT2D eigenvalue weighted by Crippen LogP contribution is -2.23. The molecule has 2 amide bonds. The monoisotopic (exact) mass is 451 g/mol. The van der Waals surface area contributed by atoms with E-state index in [1.165, 1.54) is 11.3 Å². The van der Waals surface area contributed by atoms with Crippen LogP contribution in [0.3, 0.4) is 0 Å². The number of amides is 2. The number of benzene rings is 2. The van der Waals surface area contributed by atoms with Crippen molar-refractivity contribution in [1.82, 2.24) is 9.88 Å². The number of carbonyl (C=O) groups is 2. The van der Waals surface area contributed by atoms with Gasteiger partial charge in [-0.2, -0.15) is 0 Å². The molecule has 1 N–H and O–H groups in total. The topological polar surface area (TPSA) is 80.8 Å². The van der Waals surface area contributed by atoms with Crippen LogP contribution < -0.4 is 14.8 Å². The van der Waals surface area contributed by atoms with Gasteiger partial charge in [-0.3, -0.25) is 9.59 Å². The number of aromatic nitrogens is 1. The second kappa shape index (κ2) is 9.82. The Bertz CT molecular complexity index is 1130. The van der Waals surface area contributed by atoms with Gasteiger partial charge in [0, 0.05) is 36.1 Å². The Hall–Kier alpha value is -3.39. The summed E-state index contributed by atoms with van der Waals surface area (Å²) in [6.45, 7) is 1.37. The molecule has 1 saturated heterocycles. The molecule has 8 heteroatoms. The van der Waals surface area contributed by atoms with E-state index >= 15 is 0 Å². The number of hydrogen-bond donors (Lipinski definition) is 1. The maximum atomic E-state index is 12.6. The molecule has 3 aromatic rings. The molecule has 32 heavy (non-hydrogen) atoms. The first-order valence-corrected chi connectivity index (χ1v) is 11.3. The Balaban J connectivity index is 1.38. The van der Waals surface area contributed by atoms with E-state index in [9.17, 15) is 9.59 Å². The number of hydrogen-bond acceptors (Lipinski definition) is 6. The largest absolute Gasteiger partial charge is 0.493 e. The molecule has 0 radical (unpaired) electrons. The summed E-state index contributed by atoms with van der Waals surface area (Å²) in [7, 11) is 3.19. The average Bonchev–Trinajstić information content (AvgIpc) is 3.42. The van der Waals surface area contributed by atoms with Gasteiger partial charge in [0.25, 0.3) is 0 Å². The smallest absolute Gasteiger partial charge is 0.230 e. The number of anilines is 1. The molecule has 4 rings (SSSR count). The number of nitrogens with one attached hydrogen (secondary N) is 1. The van der Waals surface area contributed by atoms with Crippen LogP contribution in [0.25, 0.3) is 10.6 Å². The first-order chi connectivity index (χ1) is 15.6. The molecule has 166 valence electrons. The highest BCUT2D eigenvalue weighted by molar-refractivity contribution is 7.13. The Kier molecular flexibility index (Phi) is 6.70. The molecule has 1 aliphatic rings. The van der Waals surface area contributed by atoms with Crippen LogP contribution in [0.15, 0.2) is 47.8 Å². The third-order valence-electron chi connectivity index (χ3n) is 5.28. The summed E-state index contributed by atoms with van der Waals surface area (Å²) in [6.07, 6.45) is 1.71. The number of methoxy groups -OCH3 is 2. The highest BCUT2D eigenvalue weighted by Gasteiger charge is 2.20. The fourth-order valence-corrected chi connectivity index (χ4v) is 4.52. The molecule has 0 spiro atoms. The molecule has 1 fully saturated rings. The number of carbonyl (C=O) groups excluding carboxylic acids is 2. The minimum Gasteiger partial charge on any atom is -0.493 e. The van der Waals surface area contributed by atoms with Crippen LogP contribution in [-0.4, -0.2) is 42.5 Å². The van der Waals surface area contributed by atoms with Crippen molar-refractivity contribution in [2.45, 2.75) is 25.8 Å². The molecule has 7 nitrogen and oxygen atoms in total. The van der Waals surface area contributed by atoms with Gasteiger partial charge in [0.05, 0.1) is 26.3 Å². The molecular formula is C24H25N3O4S. The summed E-state index contributed by atoms with van der Waals surface area (Å²) in [4.78, 5) is 30.9. The zero-order valence-electron chi connectivity index (χ0n) is 18.1. The van der Waals surface area contributed by atoms with Crippen molar-refractivity contribution in [1.29, 1.82) is 0 Å². The van der Waals surface area contributed by atoms with E-state index in [1.54, 1.807) is 14.2 Å². The van der Waals surface area contributed by atoms with Gasteiger partial charge in [0.1, 0.15) is 5.01 Å². The quantitative estimate of drug-likeness (QED) is 0.557. The predicted octanol–water partition coefficient (Wildman–Crippen LogP) is 4.13. The number of rotatable bonds is 8. The van der Waals surface area contributed by atoms with Crippen LogP contribution in [0.2, 0.25) is 0 Å². The molecule has 0 unspecified atom stereocenters. The highest BCUT2D eigenvalue weighted by Crippen LogP contribution is 2.33. The summed E-state index contributed by atoms with van der Waals surface area (Å²) in [6, 6.07) is 13.3. The van der Waals surface area contributed by atoms with Gasteiger partial charge < -0.3 is 19.7 Å². The second-order valence-corrected chi connectivity index (χ2v) is 8.42. The normalized spacial score (nSPS) is 13.3. The van der Waals surface area contributed by atoms with Gasteiger partial charge in [-0.05, 0) is 42.3 Å². The van der Waals surface area contributed by atoms with E-state index in [4.69, 9.17) is 9.47 Å². The van der Waals surface area contributed by atoms with Crippen molar-refractivity contribution < 1.29 is 19.1 Å². The lowest BCUT2D eigenvalue weighted by Gasteiger charge is -2.16. The van der Waals surface area contributed by atoms with E-state index in [0.717, 1.165) is 34.8 Å². The van der Waals surface area contributed by atoms with Crippen molar-refractivity contribution in [2.24, 2.45) is 0 Å². The van der Waals surface area contributed by atoms with E-state index in [-0.39, 0.29) is 18.2 Å². The van der Waals surface area contributed by atoms with E-state index in [2.05, 4.69) is 10.3 Å². The minimum absolute atomic E-state index is 0.136. The van der Waals surface area contributed by atoms with Gasteiger partial charge >= 0.3 is 0 Å². The van der Waals surface area contributed by atoms with Crippen molar-refractivity contribution in [3.05, 3.63) is 59.1 Å². The second-order valence-electron chi connectivity index (χ2n) is 7.56. The van der Waals surface area contributed by atoms with Gasteiger partial charge in [0.15, 0.2) is 11.5 Å². The molecule has 1 aliphatic heterocycles. The van der Waals surface area contributed by atoms with Crippen LogP contribution in [-0.2, 0) is 22.6 Å². The Labute approximate surface area is 191 Å². The van der Waals surface area contributed by atoms with Crippen LogP contribution in [0.4, 0.5) is 5.69 Å². The zero-order chi connectivity index (χ0) is 22.5. The summed E-state index contributed by atoms with van der Waals surface area (Å²) >= 11 is 1.48. The van der Waals surface area contributed by atoms with Gasteiger partial charge in [0.2, 0.25) is 11.8 Å². The lowest BCUT2D eigenvalue weighted by atomic mass is 10.2. The molecule has 0 atom stereocenters. The lowest BCUT2D eigenvalue weighted by molar-refractivity contribution is -0.128. The minimum atomic E-state index is -0.136. The fraction of sp³-hybridized carbons (Fsp3) is 0.292. The molecule has 2 aromatic carbocycles. The first-order valence-electron chi connectivity index (χ1n) is 10.4. The third-order valence-corrected chi connectivity index (χ3v) is 6.22. The molecule has 0 saturated carbocycles. The number of thiazole rings is 1. The van der Waals surface area contributed by atoms with Crippen molar-refractivity contribution in [3.63, 3.8) is 0 Å². The molecule has 1 aromatic heterocycles. The molecule has 0 aliphatic carbocycles. The van der Waals surface area contributed by atoms with E-state index < -0.39 is 0 Å². The molecular weight excluding hydrogens is 426 g/mol. The Morgan fingerprint density at radius 1 is 1.16 bits per heavy atom. The van der Waals surface area contributed by atoms with Crippen molar-refractivity contribution >= 4 is 28.8 Å². The maximum absolute atomic E-state index is 12.6. The van der Waals surface area contributed by atoms with Gasteiger partial charge in [-0.1, -0.05) is 12.1 Å². The SMILES string of the molecule is COc1ccc(-c2nc(CC(=O)Nc3cccc(CN4CCCC4=O)c3)cs2)cc1OC. The van der Waals surface area contributed by atoms with Crippen molar-refractivity contribution in [2.75, 3.05) is 26.1 Å². The number of ether oxygens (including phenoxy) is 2. The summed E-state index contributed by atoms with van der Waals surface area (Å²) < 4.78 is 10.6. The Morgan fingerprint density at radius 3 is 2.75 bits per heavy atom. The van der Waals surface area contributed by atoms with E-state index in [0.29, 0.717) is 30.2 Å². The van der Waals surface area contributed by atoms with Crippen LogP contribution in [0.1, 0.15) is 24.1 Å². The average molecular weight is 452 g/mol. The van der Waals surface area contributed by atoms with Crippen LogP contribution >= 0.6 is 11.3 Å². The maximum Gasteiger partial charge on any atom is 0.230 e. The van der Waals surface area contributed by atoms with Crippen molar-refractivity contribution in [3.8, 4) is 22.1 Å². The van der Waals surface area contributed by atoms with E-state index in [1.807, 2.05) is 52.7 Å². The van der Waals surface area contributed by atoms with Gasteiger partial charge in [-0.15, -0.1) is 11.3 Å². The van der Waals surface area contributed by atoms with Crippen LogP contribution in [0.5, 0.6) is 11.5 Å². The van der Waals surface area contributed by atoms with Gasteiger partial charge in [-0.25, -0.2) is 4.98 Å². The molecule has 2 heterocycles. The first kappa shape index (κ1) is 21.8. The highest BCUT2D eigenvalue weighted by atomic mass is 32.1. The van der Waals surface area contributed by atoms with Crippen LogP contribution in [0, 0.1) is 0 Å². The molecule has 0 bridgehead atoms. The zero-order valence-corrected chi connectivity index (χ0v) is 18.9. The summed E-state index contributed by atoms with van der Waals surface area (Å²) in [5.41, 5.74) is 3.33. The standard InChI is InChI=1S/C24H25N3O4S/c1-30-20-9-8-17(12-21(20)31-2)24-26-19(15-32-24)13-22(28)25-18-6-3-5-16(11-18)14-27-10-4-7-23(27)29/h3,5-6,8-9,11-12,15H,4,7,10,13-14H2,1-2H3,(H,25,28). The third kappa shape index (κ3) is 5.08. The summed E-state index contributed by atoms with van der Waals surface area (Å²) in [5, 5.41) is 5.64. The Morgan fingerprint density at radius 2 is 2.00 bits per heavy atom. The fourth-order valence-electron chi connectivity index (χ4n) is 3.70. The number of likely N-dealkylation sites (tertiary alicyclic amines) is 1.